The monoisotopic (exact) mass is 639 g/mol. The lowest BCUT2D eigenvalue weighted by Crippen LogP contribution is -2.15. The van der Waals surface area contributed by atoms with E-state index in [0.29, 0.717) is 0 Å². The topological polar surface area (TPSA) is 30.7 Å². The average molecular weight is 640 g/mol. The smallest absolute Gasteiger partial charge is 0.161 e. The largest absolute Gasteiger partial charge is 0.309 e. The van der Waals surface area contributed by atoms with Gasteiger partial charge in [0.1, 0.15) is 0 Å². The highest BCUT2D eigenvalue weighted by Crippen LogP contribution is 2.54. The van der Waals surface area contributed by atoms with Gasteiger partial charge >= 0.3 is 0 Å². The van der Waals surface area contributed by atoms with E-state index in [1.54, 1.807) is 0 Å². The Kier molecular flexibility index (Phi) is 6.22. The summed E-state index contributed by atoms with van der Waals surface area (Å²) in [4.78, 5) is 10.8. The molecule has 10 rings (SSSR count). The first-order valence-corrected chi connectivity index (χ1v) is 17.3. The fourth-order valence-corrected chi connectivity index (χ4v) is 8.31. The van der Waals surface area contributed by atoms with Gasteiger partial charge in [-0.15, -0.1) is 0 Å². The van der Waals surface area contributed by atoms with Crippen LogP contribution < -0.4 is 0 Å². The molecular formula is C47H33N3. The molecule has 236 valence electrons. The lowest BCUT2D eigenvalue weighted by molar-refractivity contribution is 0.666. The fraction of sp³-hybridized carbons (Fsp3) is 0.0638. The Morgan fingerprint density at radius 3 is 1.84 bits per heavy atom. The van der Waals surface area contributed by atoms with Crippen LogP contribution in [0.1, 0.15) is 25.0 Å². The first-order valence-electron chi connectivity index (χ1n) is 17.3. The van der Waals surface area contributed by atoms with Crippen molar-refractivity contribution in [2.75, 3.05) is 0 Å². The Labute approximate surface area is 291 Å². The quantitative estimate of drug-likeness (QED) is 0.192. The predicted molar refractivity (Wildman–Crippen MR) is 208 cm³/mol. The predicted octanol–water partition coefficient (Wildman–Crippen LogP) is 12.0. The zero-order valence-electron chi connectivity index (χ0n) is 27.9. The van der Waals surface area contributed by atoms with Crippen LogP contribution in [0, 0.1) is 0 Å². The summed E-state index contributed by atoms with van der Waals surface area (Å²) in [5.74, 6) is 0.734. The van der Waals surface area contributed by atoms with E-state index in [-0.39, 0.29) is 5.41 Å². The first kappa shape index (κ1) is 28.7. The second-order valence-electron chi connectivity index (χ2n) is 13.8. The molecule has 0 bridgehead atoms. The summed E-state index contributed by atoms with van der Waals surface area (Å²) in [6.07, 6.45) is 0. The van der Waals surface area contributed by atoms with Crippen LogP contribution in [0.5, 0.6) is 0 Å². The minimum atomic E-state index is -0.169. The Balaban J connectivity index is 1.24. The molecule has 9 aromatic rings. The Hall–Kier alpha value is -6.32. The van der Waals surface area contributed by atoms with Gasteiger partial charge in [-0.25, -0.2) is 9.97 Å². The van der Waals surface area contributed by atoms with Gasteiger partial charge in [0.2, 0.25) is 0 Å². The van der Waals surface area contributed by atoms with Crippen LogP contribution in [-0.2, 0) is 5.41 Å². The number of nitrogens with zero attached hydrogens (tertiary/aromatic N) is 3. The summed E-state index contributed by atoms with van der Waals surface area (Å²) in [7, 11) is 0. The number of rotatable bonds is 4. The zero-order valence-corrected chi connectivity index (χ0v) is 27.9. The van der Waals surface area contributed by atoms with E-state index in [1.807, 2.05) is 0 Å². The van der Waals surface area contributed by atoms with E-state index in [1.165, 1.54) is 54.8 Å². The first-order chi connectivity index (χ1) is 24.6. The van der Waals surface area contributed by atoms with Crippen LogP contribution in [-0.4, -0.2) is 14.5 Å². The van der Waals surface area contributed by atoms with Crippen molar-refractivity contribution < 1.29 is 0 Å². The third kappa shape index (κ3) is 4.23. The molecule has 0 unspecified atom stereocenters. The van der Waals surface area contributed by atoms with Crippen molar-refractivity contribution in [2.45, 2.75) is 19.3 Å². The van der Waals surface area contributed by atoms with Crippen molar-refractivity contribution >= 4 is 32.6 Å². The summed E-state index contributed by atoms with van der Waals surface area (Å²) >= 11 is 0. The van der Waals surface area contributed by atoms with Gasteiger partial charge in [-0.3, -0.25) is 0 Å². The summed E-state index contributed by atoms with van der Waals surface area (Å²) < 4.78 is 2.36. The van der Waals surface area contributed by atoms with Gasteiger partial charge in [0.25, 0.3) is 0 Å². The molecule has 7 aromatic carbocycles. The summed E-state index contributed by atoms with van der Waals surface area (Å²) in [6, 6.07) is 58.6. The van der Waals surface area contributed by atoms with Gasteiger partial charge in [-0.2, -0.15) is 0 Å². The molecule has 2 heterocycles. The molecule has 2 aromatic heterocycles. The number of para-hydroxylation sites is 2. The number of aromatic nitrogens is 3. The van der Waals surface area contributed by atoms with Crippen molar-refractivity contribution in [1.82, 2.24) is 14.5 Å². The minimum absolute atomic E-state index is 0.169. The standard InChI is InChI=1S/C47H33N3/c1-47(2)39-24-11-8-23-37(39)44-38(28-31-17-6-7-20-34(31)45(44)47)46-48-40(30-15-4-3-5-16-30)29-41(49-46)32-18-14-19-33(27-32)50-42-25-12-9-21-35(42)36-22-10-13-26-43(36)50/h3-29H,1-2H3. The highest BCUT2D eigenvalue weighted by atomic mass is 15.0. The van der Waals surface area contributed by atoms with Crippen molar-refractivity contribution in [3.05, 3.63) is 175 Å². The average Bonchev–Trinajstić information content (AvgIpc) is 3.64. The van der Waals surface area contributed by atoms with Gasteiger partial charge < -0.3 is 4.57 Å². The van der Waals surface area contributed by atoms with E-state index in [9.17, 15) is 0 Å². The van der Waals surface area contributed by atoms with Crippen LogP contribution in [0.3, 0.4) is 0 Å². The number of hydrogen-bond donors (Lipinski definition) is 0. The van der Waals surface area contributed by atoms with E-state index >= 15 is 0 Å². The Morgan fingerprint density at radius 1 is 0.480 bits per heavy atom. The van der Waals surface area contributed by atoms with E-state index in [4.69, 9.17) is 9.97 Å². The Bertz CT molecular complexity index is 2730. The second-order valence-corrected chi connectivity index (χ2v) is 13.8. The molecule has 0 atom stereocenters. The second kappa shape index (κ2) is 10.8. The van der Waals surface area contributed by atoms with Crippen LogP contribution in [0.4, 0.5) is 0 Å². The highest BCUT2D eigenvalue weighted by molar-refractivity contribution is 6.09. The summed E-state index contributed by atoms with van der Waals surface area (Å²) in [6.45, 7) is 4.70. The third-order valence-electron chi connectivity index (χ3n) is 10.6. The molecule has 0 saturated carbocycles. The molecule has 0 N–H and O–H groups in total. The van der Waals surface area contributed by atoms with Crippen molar-refractivity contribution in [3.63, 3.8) is 0 Å². The van der Waals surface area contributed by atoms with E-state index < -0.39 is 0 Å². The van der Waals surface area contributed by atoms with E-state index in [0.717, 1.165) is 39.6 Å². The zero-order chi connectivity index (χ0) is 33.4. The molecule has 0 spiro atoms. The lowest BCUT2D eigenvalue weighted by atomic mass is 9.79. The maximum atomic E-state index is 5.43. The molecule has 0 aliphatic heterocycles. The van der Waals surface area contributed by atoms with E-state index in [2.05, 4.69) is 182 Å². The maximum Gasteiger partial charge on any atom is 0.161 e. The van der Waals surface area contributed by atoms with Crippen LogP contribution in [0.2, 0.25) is 0 Å². The number of fused-ring (bicyclic) bond motifs is 8. The van der Waals surface area contributed by atoms with Gasteiger partial charge in [0.15, 0.2) is 5.82 Å². The molecule has 0 amide bonds. The molecule has 3 nitrogen and oxygen atoms in total. The van der Waals surface area contributed by atoms with Crippen LogP contribution in [0.15, 0.2) is 164 Å². The summed E-state index contributed by atoms with van der Waals surface area (Å²) in [5.41, 5.74) is 13.5. The molecule has 3 heteroatoms. The fourth-order valence-electron chi connectivity index (χ4n) is 8.31. The summed E-state index contributed by atoms with van der Waals surface area (Å²) in [5, 5.41) is 4.98. The molecule has 0 fully saturated rings. The van der Waals surface area contributed by atoms with Crippen LogP contribution in [0.25, 0.3) is 83.3 Å². The molecule has 50 heavy (non-hydrogen) atoms. The maximum absolute atomic E-state index is 5.43. The Morgan fingerprint density at radius 2 is 1.08 bits per heavy atom. The van der Waals surface area contributed by atoms with Crippen molar-refractivity contribution in [3.8, 4) is 50.7 Å². The highest BCUT2D eigenvalue weighted by Gasteiger charge is 2.39. The third-order valence-corrected chi connectivity index (χ3v) is 10.6. The SMILES string of the molecule is CC1(C)c2ccccc2-c2c(-c3nc(-c4ccccc4)cc(-c4cccc(-n5c6ccccc6c6ccccc65)c4)n3)cc3ccccc3c21. The van der Waals surface area contributed by atoms with Gasteiger partial charge in [0, 0.05) is 38.6 Å². The van der Waals surface area contributed by atoms with Gasteiger partial charge in [-0.05, 0) is 69.4 Å². The van der Waals surface area contributed by atoms with Crippen LogP contribution >= 0.6 is 0 Å². The molecule has 1 aliphatic carbocycles. The van der Waals surface area contributed by atoms with Crippen molar-refractivity contribution in [1.29, 1.82) is 0 Å². The number of hydrogen-bond acceptors (Lipinski definition) is 2. The molecule has 0 radical (unpaired) electrons. The lowest BCUT2D eigenvalue weighted by Gasteiger charge is -2.24. The molecule has 1 aliphatic rings. The van der Waals surface area contributed by atoms with Gasteiger partial charge in [-0.1, -0.05) is 141 Å². The minimum Gasteiger partial charge on any atom is -0.309 e. The normalized spacial score (nSPS) is 13.2. The molecule has 0 saturated heterocycles. The van der Waals surface area contributed by atoms with Gasteiger partial charge in [0.05, 0.1) is 22.4 Å². The number of benzene rings is 7. The van der Waals surface area contributed by atoms with Crippen molar-refractivity contribution in [2.24, 2.45) is 0 Å². The molecular weight excluding hydrogens is 607 g/mol.